The van der Waals surface area contributed by atoms with Gasteiger partial charge in [0.1, 0.15) is 22.4 Å². The van der Waals surface area contributed by atoms with Gasteiger partial charge in [0.2, 0.25) is 5.91 Å². The molecule has 3 amide bonds. The highest BCUT2D eigenvalue weighted by Gasteiger charge is 2.37. The molecular formula is C27H22Cl5F2N3O4. The first-order chi connectivity index (χ1) is 19.1. The van der Waals surface area contributed by atoms with Crippen molar-refractivity contribution >= 4 is 92.8 Å². The fourth-order valence-corrected chi connectivity index (χ4v) is 4.80. The van der Waals surface area contributed by atoms with E-state index in [0.29, 0.717) is 5.56 Å². The van der Waals surface area contributed by atoms with E-state index >= 15 is 4.39 Å². The minimum atomic E-state index is -1.58. The predicted octanol–water partition coefficient (Wildman–Crippen LogP) is 7.70. The van der Waals surface area contributed by atoms with Crippen LogP contribution < -0.4 is 15.5 Å². The Morgan fingerprint density at radius 1 is 0.951 bits per heavy atom. The Hall–Kier alpha value is -2.66. The van der Waals surface area contributed by atoms with Crippen LogP contribution in [0.15, 0.2) is 48.5 Å². The molecule has 0 heterocycles. The smallest absolute Gasteiger partial charge is 0.257 e. The molecule has 0 saturated heterocycles. The molecule has 14 heteroatoms. The topological polar surface area (TPSA) is 87.7 Å². The van der Waals surface area contributed by atoms with Crippen LogP contribution in [0.4, 0.5) is 25.8 Å². The van der Waals surface area contributed by atoms with Crippen molar-refractivity contribution in [1.82, 2.24) is 0 Å². The number of anilines is 3. The first-order valence-corrected chi connectivity index (χ1v) is 13.5. The summed E-state index contributed by atoms with van der Waals surface area (Å²) in [6.45, 7) is 1.01. The Labute approximate surface area is 259 Å². The zero-order chi connectivity index (χ0) is 30.6. The molecule has 0 saturated carbocycles. The summed E-state index contributed by atoms with van der Waals surface area (Å²) in [7, 11) is 2.42. The maximum Gasteiger partial charge on any atom is 0.257 e. The maximum absolute atomic E-state index is 15.2. The van der Waals surface area contributed by atoms with Gasteiger partial charge in [-0.1, -0.05) is 40.9 Å². The summed E-state index contributed by atoms with van der Waals surface area (Å²) in [4.78, 5) is 39.2. The Kier molecular flexibility index (Phi) is 10.9. The number of rotatable bonds is 9. The first-order valence-electron chi connectivity index (χ1n) is 11.6. The van der Waals surface area contributed by atoms with Gasteiger partial charge in [-0.3, -0.25) is 14.4 Å². The molecule has 0 aliphatic heterocycles. The fourth-order valence-electron chi connectivity index (χ4n) is 3.84. The number of halogens is 7. The lowest BCUT2D eigenvalue weighted by Gasteiger charge is -2.26. The van der Waals surface area contributed by atoms with Crippen LogP contribution in [-0.4, -0.2) is 42.8 Å². The zero-order valence-corrected chi connectivity index (χ0v) is 25.4. The number of hydrogen-bond acceptors (Lipinski definition) is 4. The lowest BCUT2D eigenvalue weighted by atomic mass is 9.94. The zero-order valence-electron chi connectivity index (χ0n) is 21.6. The van der Waals surface area contributed by atoms with Crippen LogP contribution >= 0.6 is 58.0 Å². The minimum Gasteiger partial charge on any atom is -0.375 e. The summed E-state index contributed by atoms with van der Waals surface area (Å²) in [6, 6.07) is 10.4. The molecule has 0 fully saturated rings. The molecule has 0 spiro atoms. The maximum atomic E-state index is 15.2. The molecule has 2 N–H and O–H groups in total. The lowest BCUT2D eigenvalue weighted by molar-refractivity contribution is -0.122. The molecule has 3 aromatic carbocycles. The third-order valence-corrected chi connectivity index (χ3v) is 7.32. The highest BCUT2D eigenvalue weighted by Crippen LogP contribution is 2.40. The number of nitrogens with zero attached hydrogens (tertiary/aromatic N) is 1. The summed E-state index contributed by atoms with van der Waals surface area (Å²) >= 11 is 31.0. The van der Waals surface area contributed by atoms with Crippen molar-refractivity contribution in [2.45, 2.75) is 17.2 Å². The summed E-state index contributed by atoms with van der Waals surface area (Å²) in [5.41, 5.74) is -0.737. The molecule has 7 nitrogen and oxygen atoms in total. The molecule has 0 aliphatic rings. The van der Waals surface area contributed by atoms with E-state index in [2.05, 4.69) is 10.6 Å². The van der Waals surface area contributed by atoms with Gasteiger partial charge >= 0.3 is 0 Å². The van der Waals surface area contributed by atoms with Gasteiger partial charge in [0.05, 0.1) is 32.2 Å². The van der Waals surface area contributed by atoms with Gasteiger partial charge in [-0.05, 0) is 55.0 Å². The number of carbonyl (C=O) groups excluding carboxylic acids is 3. The predicted molar refractivity (Wildman–Crippen MR) is 159 cm³/mol. The molecule has 0 aliphatic carbocycles. The van der Waals surface area contributed by atoms with E-state index < -0.39 is 57.6 Å². The van der Waals surface area contributed by atoms with Gasteiger partial charge in [-0.15, -0.1) is 23.2 Å². The van der Waals surface area contributed by atoms with E-state index in [0.717, 1.165) is 24.1 Å². The number of amides is 3. The molecule has 1 atom stereocenters. The Morgan fingerprint density at radius 2 is 1.61 bits per heavy atom. The monoisotopic (exact) mass is 665 g/mol. The number of nitrogens with one attached hydrogen (secondary N) is 2. The van der Waals surface area contributed by atoms with Gasteiger partial charge in [-0.2, -0.15) is 0 Å². The van der Waals surface area contributed by atoms with Crippen LogP contribution in [0.5, 0.6) is 0 Å². The Balaban J connectivity index is 1.89. The molecule has 0 unspecified atom stereocenters. The van der Waals surface area contributed by atoms with Crippen LogP contribution in [0.2, 0.25) is 15.1 Å². The van der Waals surface area contributed by atoms with E-state index in [4.69, 9.17) is 62.7 Å². The third kappa shape index (κ3) is 7.80. The SMILES string of the molecule is COCC(=O)N(C)c1c(F)ccc(NC(=O)c2cc(NC(=O)[C@H](c3ccc(Cl)c(Cl)c3)C(C)(Cl)Cl)ccc2Cl)c1F. The fraction of sp³-hybridized carbons (Fsp3) is 0.222. The number of hydrogen-bond donors (Lipinski definition) is 2. The van der Waals surface area contributed by atoms with Gasteiger partial charge in [0, 0.05) is 19.8 Å². The average molecular weight is 668 g/mol. The van der Waals surface area contributed by atoms with Crippen molar-refractivity contribution in [2.75, 3.05) is 36.3 Å². The minimum absolute atomic E-state index is 0.0313. The first kappa shape index (κ1) is 32.8. The molecule has 41 heavy (non-hydrogen) atoms. The van der Waals surface area contributed by atoms with Gasteiger partial charge in [0.25, 0.3) is 11.8 Å². The molecule has 0 bridgehead atoms. The standard InChI is InChI=1S/C27H22Cl5F2N3O4/c1-27(31,32)22(13-4-6-17(29)18(30)10-13)26(40)35-14-5-7-16(28)15(11-14)25(39)36-20-9-8-19(33)24(23(20)34)37(2)21(38)12-41-3/h4-11,22H,12H2,1-3H3,(H,35,40)(H,36,39)/t22-/m0/s1. The molecule has 3 aromatic rings. The van der Waals surface area contributed by atoms with Gasteiger partial charge in [-0.25, -0.2) is 8.78 Å². The summed E-state index contributed by atoms with van der Waals surface area (Å²) in [6.07, 6.45) is 0. The molecule has 0 radical (unpaired) electrons. The van der Waals surface area contributed by atoms with E-state index in [1.807, 2.05) is 0 Å². The van der Waals surface area contributed by atoms with Crippen molar-refractivity contribution in [3.8, 4) is 0 Å². The van der Waals surface area contributed by atoms with E-state index in [-0.39, 0.29) is 26.3 Å². The van der Waals surface area contributed by atoms with Crippen LogP contribution in [0.1, 0.15) is 28.8 Å². The van der Waals surface area contributed by atoms with E-state index in [1.54, 1.807) is 6.07 Å². The molecular weight excluding hydrogens is 646 g/mol. The number of likely N-dealkylation sites (N-methyl/N-ethyl adjacent to an activating group) is 1. The number of methoxy groups -OCH3 is 1. The Bertz CT molecular complexity index is 1500. The van der Waals surface area contributed by atoms with Crippen LogP contribution in [0, 0.1) is 11.6 Å². The van der Waals surface area contributed by atoms with Crippen molar-refractivity contribution in [3.05, 3.63) is 86.4 Å². The molecule has 3 rings (SSSR count). The van der Waals surface area contributed by atoms with Crippen molar-refractivity contribution in [3.63, 3.8) is 0 Å². The van der Waals surface area contributed by atoms with Gasteiger partial charge < -0.3 is 20.3 Å². The highest BCUT2D eigenvalue weighted by molar-refractivity contribution is 6.50. The Morgan fingerprint density at radius 3 is 2.22 bits per heavy atom. The second kappa shape index (κ2) is 13.5. The number of benzene rings is 3. The summed E-state index contributed by atoms with van der Waals surface area (Å²) < 4.78 is 32.8. The summed E-state index contributed by atoms with van der Waals surface area (Å²) in [5, 5.41) is 5.37. The second-order valence-corrected chi connectivity index (χ2v) is 11.8. The number of carbonyl (C=O) groups is 3. The van der Waals surface area contributed by atoms with Gasteiger partial charge in [0.15, 0.2) is 5.82 Å². The van der Waals surface area contributed by atoms with Crippen molar-refractivity contribution < 1.29 is 27.9 Å². The van der Waals surface area contributed by atoms with Crippen molar-refractivity contribution in [2.24, 2.45) is 0 Å². The van der Waals surface area contributed by atoms with E-state index in [9.17, 15) is 18.8 Å². The largest absolute Gasteiger partial charge is 0.375 e. The number of ether oxygens (including phenoxy) is 1. The second-order valence-electron chi connectivity index (χ2n) is 8.84. The third-order valence-electron chi connectivity index (χ3n) is 5.82. The summed E-state index contributed by atoms with van der Waals surface area (Å²) in [5.74, 6) is -5.57. The van der Waals surface area contributed by atoms with Crippen LogP contribution in [0.3, 0.4) is 0 Å². The number of alkyl halides is 2. The highest BCUT2D eigenvalue weighted by atomic mass is 35.5. The quantitative estimate of drug-likeness (QED) is 0.229. The molecule has 218 valence electrons. The van der Waals surface area contributed by atoms with Crippen LogP contribution in [-0.2, 0) is 14.3 Å². The lowest BCUT2D eigenvalue weighted by Crippen LogP contribution is -2.32. The van der Waals surface area contributed by atoms with E-state index in [1.165, 1.54) is 44.4 Å². The molecule has 0 aromatic heterocycles. The van der Waals surface area contributed by atoms with Crippen LogP contribution in [0.25, 0.3) is 0 Å². The normalized spacial score (nSPS) is 12.0. The van der Waals surface area contributed by atoms with Crippen molar-refractivity contribution in [1.29, 1.82) is 0 Å². The average Bonchev–Trinajstić information content (AvgIpc) is 2.88.